The normalized spacial score (nSPS) is 16.0. The van der Waals surface area contributed by atoms with E-state index in [4.69, 9.17) is 0 Å². The Morgan fingerprint density at radius 1 is 0.385 bits per heavy atom. The van der Waals surface area contributed by atoms with Crippen molar-refractivity contribution < 1.29 is 0 Å². The highest BCUT2D eigenvalue weighted by Crippen LogP contribution is 2.30. The minimum absolute atomic E-state index is 1.03. The number of rotatable bonds is 0. The SMILES string of the molecule is C1=C\c2ccc(s2)Cc2ccc(s2)/C=C\c2ccc(s2)Cc2ccc/1s2. The average molecular weight is 409 g/mol. The second kappa shape index (κ2) is 7.12. The zero-order valence-corrected chi connectivity index (χ0v) is 17.2. The van der Waals surface area contributed by atoms with Gasteiger partial charge < -0.3 is 0 Å². The van der Waals surface area contributed by atoms with E-state index in [0.717, 1.165) is 12.8 Å². The van der Waals surface area contributed by atoms with E-state index in [0.29, 0.717) is 0 Å². The molecule has 128 valence electrons. The molecule has 0 atom stereocenters. The summed E-state index contributed by atoms with van der Waals surface area (Å²) in [4.78, 5) is 11.0. The average Bonchev–Trinajstić information content (AvgIpc) is 3.40. The zero-order chi connectivity index (χ0) is 17.3. The third kappa shape index (κ3) is 3.69. The molecular weight excluding hydrogens is 393 g/mol. The van der Waals surface area contributed by atoms with Gasteiger partial charge in [0.05, 0.1) is 0 Å². The molecule has 0 nitrogen and oxygen atoms in total. The monoisotopic (exact) mass is 408 g/mol. The summed E-state index contributed by atoms with van der Waals surface area (Å²) in [5, 5.41) is 0. The highest BCUT2D eigenvalue weighted by molar-refractivity contribution is 7.15. The molecule has 0 aromatic carbocycles. The van der Waals surface area contributed by atoms with Crippen LogP contribution >= 0.6 is 45.3 Å². The van der Waals surface area contributed by atoms with Crippen LogP contribution in [0.15, 0.2) is 48.5 Å². The molecule has 0 unspecified atom stereocenters. The molecule has 1 aliphatic heterocycles. The minimum atomic E-state index is 1.03. The van der Waals surface area contributed by atoms with Crippen molar-refractivity contribution in [1.29, 1.82) is 0 Å². The summed E-state index contributed by atoms with van der Waals surface area (Å²) in [7, 11) is 0. The van der Waals surface area contributed by atoms with Crippen molar-refractivity contribution in [3.63, 3.8) is 0 Å². The zero-order valence-electron chi connectivity index (χ0n) is 14.0. The van der Waals surface area contributed by atoms with Gasteiger partial charge in [-0.3, -0.25) is 0 Å². The Labute approximate surface area is 169 Å². The molecule has 5 heterocycles. The van der Waals surface area contributed by atoms with E-state index in [1.165, 1.54) is 39.0 Å². The smallest absolute Gasteiger partial charge is 0.0273 e. The Morgan fingerprint density at radius 3 is 0.923 bits per heavy atom. The lowest BCUT2D eigenvalue weighted by atomic mass is 10.2. The van der Waals surface area contributed by atoms with Gasteiger partial charge in [-0.05, 0) is 72.8 Å². The third-order valence-electron chi connectivity index (χ3n) is 4.25. The number of fused-ring (bicyclic) bond motifs is 8. The summed E-state index contributed by atoms with van der Waals surface area (Å²) in [5.74, 6) is 0. The van der Waals surface area contributed by atoms with Crippen molar-refractivity contribution in [2.24, 2.45) is 0 Å². The molecule has 5 rings (SSSR count). The van der Waals surface area contributed by atoms with Crippen molar-refractivity contribution >= 4 is 69.7 Å². The molecule has 0 N–H and O–H groups in total. The largest absolute Gasteiger partial charge is 0.141 e. The maximum atomic E-state index is 2.26. The molecular formula is C22H16S4. The fourth-order valence-corrected chi connectivity index (χ4v) is 6.93. The van der Waals surface area contributed by atoms with Crippen LogP contribution in [-0.2, 0) is 12.8 Å². The maximum Gasteiger partial charge on any atom is 0.0273 e. The van der Waals surface area contributed by atoms with Crippen LogP contribution in [0.2, 0.25) is 0 Å². The number of hydrogen-bond donors (Lipinski definition) is 0. The lowest BCUT2D eigenvalue weighted by Crippen LogP contribution is -1.76. The molecule has 0 amide bonds. The minimum Gasteiger partial charge on any atom is -0.141 e. The molecule has 0 aliphatic carbocycles. The third-order valence-corrected chi connectivity index (χ3v) is 8.45. The van der Waals surface area contributed by atoms with Crippen LogP contribution in [-0.4, -0.2) is 0 Å². The standard InChI is InChI=1S/C22H16S4/c1-2-16-6-10-20(24-16)14-22-12-8-18(26-22)4-3-17-7-11-21(25-17)13-19-9-5-15(1)23-19/h1-12H,13-14H2/b2-1-,4-3-. The van der Waals surface area contributed by atoms with Crippen LogP contribution in [0.1, 0.15) is 39.0 Å². The Bertz CT molecular complexity index is 924. The van der Waals surface area contributed by atoms with Crippen LogP contribution in [0, 0.1) is 0 Å². The summed E-state index contributed by atoms with van der Waals surface area (Å²) in [6.45, 7) is 0. The molecule has 0 saturated heterocycles. The first-order chi connectivity index (χ1) is 12.8. The molecule has 1 aliphatic rings. The summed E-state index contributed by atoms with van der Waals surface area (Å²) in [5.41, 5.74) is 0. The van der Waals surface area contributed by atoms with E-state index in [9.17, 15) is 0 Å². The Balaban J connectivity index is 1.53. The van der Waals surface area contributed by atoms with Gasteiger partial charge in [0, 0.05) is 51.9 Å². The highest BCUT2D eigenvalue weighted by atomic mass is 32.1. The maximum absolute atomic E-state index is 2.26. The first kappa shape index (κ1) is 16.5. The van der Waals surface area contributed by atoms with Crippen LogP contribution < -0.4 is 0 Å². The summed E-state index contributed by atoms with van der Waals surface area (Å²) >= 11 is 7.57. The lowest BCUT2D eigenvalue weighted by Gasteiger charge is -1.93. The molecule has 4 aromatic heterocycles. The predicted molar refractivity (Wildman–Crippen MR) is 121 cm³/mol. The molecule has 0 saturated carbocycles. The molecule has 4 heteroatoms. The van der Waals surface area contributed by atoms with E-state index in [1.54, 1.807) is 0 Å². The van der Waals surface area contributed by atoms with E-state index >= 15 is 0 Å². The van der Waals surface area contributed by atoms with E-state index in [1.807, 2.05) is 45.3 Å². The van der Waals surface area contributed by atoms with Crippen molar-refractivity contribution in [3.05, 3.63) is 87.5 Å². The second-order valence-corrected chi connectivity index (χ2v) is 11.0. The number of hydrogen-bond acceptors (Lipinski definition) is 4. The van der Waals surface area contributed by atoms with Gasteiger partial charge in [0.15, 0.2) is 0 Å². The van der Waals surface area contributed by atoms with Gasteiger partial charge in [-0.15, -0.1) is 45.3 Å². The summed E-state index contributed by atoms with van der Waals surface area (Å²) in [6, 6.07) is 18.0. The van der Waals surface area contributed by atoms with Gasteiger partial charge in [0.25, 0.3) is 0 Å². The topological polar surface area (TPSA) is 0 Å². The summed E-state index contributed by atoms with van der Waals surface area (Å²) < 4.78 is 0. The van der Waals surface area contributed by atoms with Gasteiger partial charge in [0.1, 0.15) is 0 Å². The Morgan fingerprint density at radius 2 is 0.654 bits per heavy atom. The molecule has 8 bridgehead atoms. The molecule has 0 radical (unpaired) electrons. The molecule has 0 spiro atoms. The van der Waals surface area contributed by atoms with Gasteiger partial charge in [-0.2, -0.15) is 0 Å². The Kier molecular flexibility index (Phi) is 4.51. The number of thiophene rings is 4. The first-order valence-electron chi connectivity index (χ1n) is 8.51. The van der Waals surface area contributed by atoms with Crippen LogP contribution in [0.4, 0.5) is 0 Å². The van der Waals surface area contributed by atoms with E-state index in [2.05, 4.69) is 72.8 Å². The molecule has 4 aromatic rings. The van der Waals surface area contributed by atoms with Crippen molar-refractivity contribution in [3.8, 4) is 0 Å². The molecule has 0 fully saturated rings. The van der Waals surface area contributed by atoms with Crippen LogP contribution in [0.25, 0.3) is 24.3 Å². The van der Waals surface area contributed by atoms with Gasteiger partial charge >= 0.3 is 0 Å². The van der Waals surface area contributed by atoms with Crippen molar-refractivity contribution in [1.82, 2.24) is 0 Å². The lowest BCUT2D eigenvalue weighted by molar-refractivity contribution is 1.31. The van der Waals surface area contributed by atoms with Crippen molar-refractivity contribution in [2.45, 2.75) is 12.8 Å². The van der Waals surface area contributed by atoms with E-state index in [-0.39, 0.29) is 0 Å². The predicted octanol–water partition coefficient (Wildman–Crippen LogP) is 7.77. The first-order valence-corrected chi connectivity index (χ1v) is 11.8. The fraction of sp³-hybridized carbons (Fsp3) is 0.0909. The molecule has 26 heavy (non-hydrogen) atoms. The van der Waals surface area contributed by atoms with Gasteiger partial charge in [-0.25, -0.2) is 0 Å². The highest BCUT2D eigenvalue weighted by Gasteiger charge is 2.06. The van der Waals surface area contributed by atoms with Crippen LogP contribution in [0.3, 0.4) is 0 Å². The summed E-state index contributed by atoms with van der Waals surface area (Å²) in [6.07, 6.45) is 11.1. The van der Waals surface area contributed by atoms with Crippen molar-refractivity contribution in [2.75, 3.05) is 0 Å². The fourth-order valence-electron chi connectivity index (χ4n) is 2.99. The van der Waals surface area contributed by atoms with E-state index < -0.39 is 0 Å². The second-order valence-electron chi connectivity index (χ2n) is 6.24. The van der Waals surface area contributed by atoms with Gasteiger partial charge in [0.2, 0.25) is 0 Å². The van der Waals surface area contributed by atoms with Crippen LogP contribution in [0.5, 0.6) is 0 Å². The Hall–Kier alpha value is -1.72. The quantitative estimate of drug-likeness (QED) is 0.245. The van der Waals surface area contributed by atoms with Gasteiger partial charge in [-0.1, -0.05) is 0 Å².